The molecule has 1 saturated heterocycles. The van der Waals surface area contributed by atoms with Crippen LogP contribution in [0.4, 0.5) is 0 Å². The lowest BCUT2D eigenvalue weighted by molar-refractivity contribution is 0.0189. The average molecular weight is 410 g/mol. The number of hydrogen-bond donors (Lipinski definition) is 1. The Morgan fingerprint density at radius 1 is 0.966 bits per heavy atom. The van der Waals surface area contributed by atoms with Gasteiger partial charge in [-0.05, 0) is 49.4 Å². The maximum Gasteiger partial charge on any atom is 0.326 e. The lowest BCUT2D eigenvalue weighted by atomic mass is 9.74. The Labute approximate surface area is 176 Å². The van der Waals surface area contributed by atoms with Gasteiger partial charge in [0.05, 0.1) is 11.0 Å². The van der Waals surface area contributed by atoms with Gasteiger partial charge in [0.1, 0.15) is 0 Å². The Hall–Kier alpha value is -2.04. The number of fused-ring (bicyclic) bond motifs is 1. The molecule has 5 rings (SSSR count). The molecule has 29 heavy (non-hydrogen) atoms. The topological polar surface area (TPSA) is 41.0 Å². The van der Waals surface area contributed by atoms with Crippen molar-refractivity contribution < 1.29 is 0 Å². The molecular formula is C24H28ClN3O. The van der Waals surface area contributed by atoms with Crippen molar-refractivity contribution in [2.75, 3.05) is 13.1 Å². The molecule has 3 aromatic rings. The predicted molar refractivity (Wildman–Crippen MR) is 119 cm³/mol. The van der Waals surface area contributed by atoms with Crippen LogP contribution < -0.4 is 5.69 Å². The zero-order valence-corrected chi connectivity index (χ0v) is 17.5. The fraction of sp³-hybridized carbons (Fsp3) is 0.458. The molecule has 0 spiro atoms. The van der Waals surface area contributed by atoms with E-state index in [4.69, 9.17) is 11.6 Å². The summed E-state index contributed by atoms with van der Waals surface area (Å²) in [6, 6.07) is 16.9. The van der Waals surface area contributed by atoms with Gasteiger partial charge in [-0.3, -0.25) is 9.47 Å². The Morgan fingerprint density at radius 3 is 2.41 bits per heavy atom. The van der Waals surface area contributed by atoms with Crippen molar-refractivity contribution in [1.29, 1.82) is 0 Å². The van der Waals surface area contributed by atoms with Crippen LogP contribution >= 0.6 is 11.6 Å². The number of nitrogens with zero attached hydrogens (tertiary/aromatic N) is 2. The third-order valence-electron chi connectivity index (χ3n) is 7.11. The molecule has 2 heterocycles. The smallest absolute Gasteiger partial charge is 0.306 e. The summed E-state index contributed by atoms with van der Waals surface area (Å²) in [6.07, 6.45) is 8.41. The lowest BCUT2D eigenvalue weighted by Gasteiger charge is -2.50. The Balaban J connectivity index is 1.42. The Kier molecular flexibility index (Phi) is 5.00. The number of nitrogens with one attached hydrogen (secondary N) is 1. The number of piperidine rings is 1. The summed E-state index contributed by atoms with van der Waals surface area (Å²) in [4.78, 5) is 18.4. The first-order chi connectivity index (χ1) is 14.2. The molecule has 0 radical (unpaired) electrons. The summed E-state index contributed by atoms with van der Waals surface area (Å²) >= 11 is 6.21. The minimum absolute atomic E-state index is 0.0174. The SMILES string of the molecule is O=c1[nH]c2ccc(Cl)cc2n1C1CCN(C2(c3ccccc3)CCCCC2)CC1. The molecule has 2 aromatic carbocycles. The van der Waals surface area contributed by atoms with Gasteiger partial charge in [-0.1, -0.05) is 61.2 Å². The third-order valence-corrected chi connectivity index (χ3v) is 7.34. The molecule has 1 aromatic heterocycles. The van der Waals surface area contributed by atoms with Crippen LogP contribution in [0.5, 0.6) is 0 Å². The highest BCUT2D eigenvalue weighted by molar-refractivity contribution is 6.31. The van der Waals surface area contributed by atoms with Gasteiger partial charge in [0, 0.05) is 29.7 Å². The van der Waals surface area contributed by atoms with Gasteiger partial charge in [0.15, 0.2) is 0 Å². The highest BCUT2D eigenvalue weighted by Crippen LogP contribution is 2.44. The molecule has 0 unspecified atom stereocenters. The number of H-pyrrole nitrogens is 1. The van der Waals surface area contributed by atoms with Crippen molar-refractivity contribution in [3.63, 3.8) is 0 Å². The van der Waals surface area contributed by atoms with Gasteiger partial charge in [-0.15, -0.1) is 0 Å². The minimum Gasteiger partial charge on any atom is -0.306 e. The molecule has 2 aliphatic rings. The fourth-order valence-electron chi connectivity index (χ4n) is 5.68. The van der Waals surface area contributed by atoms with E-state index in [2.05, 4.69) is 40.2 Å². The second kappa shape index (κ2) is 7.66. The third kappa shape index (κ3) is 3.32. The van der Waals surface area contributed by atoms with Crippen LogP contribution in [0.15, 0.2) is 53.3 Å². The number of hydrogen-bond acceptors (Lipinski definition) is 2. The number of halogens is 1. The van der Waals surface area contributed by atoms with Crippen molar-refractivity contribution in [2.24, 2.45) is 0 Å². The molecule has 1 aliphatic heterocycles. The number of aromatic nitrogens is 2. The summed E-state index contributed by atoms with van der Waals surface area (Å²) in [5.74, 6) is 0. The summed E-state index contributed by atoms with van der Waals surface area (Å²) in [5.41, 5.74) is 3.41. The number of imidazole rings is 1. The lowest BCUT2D eigenvalue weighted by Crippen LogP contribution is -2.51. The molecule has 5 heteroatoms. The van der Waals surface area contributed by atoms with Gasteiger partial charge in [0.2, 0.25) is 0 Å². The Bertz CT molecular complexity index is 1040. The monoisotopic (exact) mass is 409 g/mol. The van der Waals surface area contributed by atoms with E-state index in [0.717, 1.165) is 37.0 Å². The second-order valence-corrected chi connectivity index (χ2v) is 9.07. The quantitative estimate of drug-likeness (QED) is 0.622. The van der Waals surface area contributed by atoms with Crippen LogP contribution in [0.3, 0.4) is 0 Å². The molecule has 0 amide bonds. The van der Waals surface area contributed by atoms with Crippen LogP contribution in [0, 0.1) is 0 Å². The van der Waals surface area contributed by atoms with Crippen LogP contribution in [0.1, 0.15) is 56.6 Å². The first kappa shape index (κ1) is 19.0. The summed E-state index contributed by atoms with van der Waals surface area (Å²) in [5, 5.41) is 0.674. The molecule has 4 nitrogen and oxygen atoms in total. The molecule has 0 atom stereocenters. The van der Waals surface area contributed by atoms with Crippen molar-refractivity contribution in [1.82, 2.24) is 14.5 Å². The van der Waals surface area contributed by atoms with Crippen LogP contribution in [0.2, 0.25) is 5.02 Å². The molecule has 0 bridgehead atoms. The van der Waals surface area contributed by atoms with Crippen LogP contribution in [-0.2, 0) is 5.54 Å². The zero-order chi connectivity index (χ0) is 19.8. The first-order valence-electron chi connectivity index (χ1n) is 10.9. The van der Waals surface area contributed by atoms with E-state index in [1.807, 2.05) is 22.8 Å². The van der Waals surface area contributed by atoms with E-state index >= 15 is 0 Å². The zero-order valence-electron chi connectivity index (χ0n) is 16.7. The van der Waals surface area contributed by atoms with E-state index in [1.54, 1.807) is 0 Å². The molecular weight excluding hydrogens is 382 g/mol. The summed E-state index contributed by atoms with van der Waals surface area (Å²) in [6.45, 7) is 2.05. The van der Waals surface area contributed by atoms with Gasteiger partial charge in [0.25, 0.3) is 0 Å². The molecule has 1 N–H and O–H groups in total. The summed E-state index contributed by atoms with van der Waals surface area (Å²) < 4.78 is 1.94. The maximum atomic E-state index is 12.7. The Morgan fingerprint density at radius 2 is 1.69 bits per heavy atom. The predicted octanol–water partition coefficient (Wildman–Crippen LogP) is 5.48. The highest BCUT2D eigenvalue weighted by Gasteiger charge is 2.41. The van der Waals surface area contributed by atoms with Crippen molar-refractivity contribution in [2.45, 2.75) is 56.5 Å². The number of likely N-dealkylation sites (tertiary alicyclic amines) is 1. The van der Waals surface area contributed by atoms with Crippen LogP contribution in [0.25, 0.3) is 11.0 Å². The highest BCUT2D eigenvalue weighted by atomic mass is 35.5. The van der Waals surface area contributed by atoms with Gasteiger partial charge >= 0.3 is 5.69 Å². The van der Waals surface area contributed by atoms with Gasteiger partial charge in [-0.25, -0.2) is 4.79 Å². The molecule has 2 fully saturated rings. The summed E-state index contributed by atoms with van der Waals surface area (Å²) in [7, 11) is 0. The van der Waals surface area contributed by atoms with Crippen molar-refractivity contribution in [3.05, 3.63) is 69.6 Å². The minimum atomic E-state index is -0.0174. The largest absolute Gasteiger partial charge is 0.326 e. The van der Waals surface area contributed by atoms with Crippen LogP contribution in [-0.4, -0.2) is 27.5 Å². The molecule has 152 valence electrons. The molecule has 1 aliphatic carbocycles. The normalized spacial score (nSPS) is 20.9. The van der Waals surface area contributed by atoms with E-state index in [9.17, 15) is 4.79 Å². The first-order valence-corrected chi connectivity index (χ1v) is 11.3. The van der Waals surface area contributed by atoms with E-state index in [0.29, 0.717) is 5.02 Å². The number of rotatable bonds is 3. The van der Waals surface area contributed by atoms with Gasteiger partial charge < -0.3 is 4.98 Å². The average Bonchev–Trinajstić information content (AvgIpc) is 3.10. The standard InChI is InChI=1S/C24H28ClN3O/c25-19-9-10-21-22(17-19)28(23(29)26-21)20-11-15-27(16-12-20)24(13-5-2-6-14-24)18-7-3-1-4-8-18/h1,3-4,7-10,17,20H,2,5-6,11-16H2,(H,26,29). The van der Waals surface area contributed by atoms with E-state index < -0.39 is 0 Å². The second-order valence-electron chi connectivity index (χ2n) is 8.64. The molecule has 1 saturated carbocycles. The maximum absolute atomic E-state index is 12.7. The van der Waals surface area contributed by atoms with Gasteiger partial charge in [-0.2, -0.15) is 0 Å². The van der Waals surface area contributed by atoms with Crippen molar-refractivity contribution >= 4 is 22.6 Å². The number of benzene rings is 2. The number of aromatic amines is 1. The van der Waals surface area contributed by atoms with E-state index in [1.165, 1.54) is 37.7 Å². The van der Waals surface area contributed by atoms with Crippen molar-refractivity contribution in [3.8, 4) is 0 Å². The van der Waals surface area contributed by atoms with E-state index in [-0.39, 0.29) is 17.3 Å². The fourth-order valence-corrected chi connectivity index (χ4v) is 5.85.